The van der Waals surface area contributed by atoms with E-state index in [0.29, 0.717) is 6.54 Å². The lowest BCUT2D eigenvalue weighted by atomic mass is 10.2. The highest BCUT2D eigenvalue weighted by Crippen LogP contribution is 2.15. The highest BCUT2D eigenvalue weighted by molar-refractivity contribution is 5.94. The average molecular weight is 272 g/mol. The number of hydrogen-bond donors (Lipinski definition) is 1. The van der Waals surface area contributed by atoms with Crippen LogP contribution in [-0.2, 0) is 4.79 Å². The van der Waals surface area contributed by atoms with Crippen molar-refractivity contribution in [1.29, 1.82) is 0 Å². The largest absolute Gasteiger partial charge is 0.362 e. The number of hydrogen-bond acceptors (Lipinski definition) is 2. The van der Waals surface area contributed by atoms with Crippen molar-refractivity contribution in [3.05, 3.63) is 60.4 Å². The molecule has 3 nitrogen and oxygen atoms in total. The summed E-state index contributed by atoms with van der Waals surface area (Å²) >= 11 is 0. The fourth-order valence-corrected chi connectivity index (χ4v) is 1.95. The molecule has 2 aromatic rings. The lowest BCUT2D eigenvalue weighted by molar-refractivity contribution is -0.115. The molecular formula is C16H17FN2O. The number of likely N-dealkylation sites (N-methyl/N-ethyl adjacent to an activating group) is 1. The van der Waals surface area contributed by atoms with Gasteiger partial charge >= 0.3 is 0 Å². The fraction of sp³-hybridized carbons (Fsp3) is 0.188. The van der Waals surface area contributed by atoms with E-state index in [2.05, 4.69) is 5.32 Å². The summed E-state index contributed by atoms with van der Waals surface area (Å²) in [6.07, 6.45) is 0. The summed E-state index contributed by atoms with van der Waals surface area (Å²) in [6.45, 7) is 2.87. The molecule has 2 rings (SSSR count). The van der Waals surface area contributed by atoms with Crippen molar-refractivity contribution in [2.75, 3.05) is 23.3 Å². The summed E-state index contributed by atoms with van der Waals surface area (Å²) < 4.78 is 13.5. The zero-order valence-corrected chi connectivity index (χ0v) is 11.3. The monoisotopic (exact) mass is 272 g/mol. The van der Waals surface area contributed by atoms with E-state index in [9.17, 15) is 9.18 Å². The Kier molecular flexibility index (Phi) is 4.71. The highest BCUT2D eigenvalue weighted by atomic mass is 19.1. The Bertz CT molecular complexity index is 572. The molecular weight excluding hydrogens is 255 g/mol. The lowest BCUT2D eigenvalue weighted by Gasteiger charge is -2.22. The Morgan fingerprint density at radius 1 is 1.10 bits per heavy atom. The van der Waals surface area contributed by atoms with Crippen molar-refractivity contribution in [2.24, 2.45) is 0 Å². The molecule has 4 heteroatoms. The Labute approximate surface area is 118 Å². The van der Waals surface area contributed by atoms with Crippen LogP contribution in [0.5, 0.6) is 0 Å². The molecule has 0 fully saturated rings. The summed E-state index contributed by atoms with van der Waals surface area (Å²) in [7, 11) is 0. The van der Waals surface area contributed by atoms with Crippen LogP contribution in [0.25, 0.3) is 0 Å². The van der Waals surface area contributed by atoms with Crippen LogP contribution in [0, 0.1) is 5.82 Å². The van der Waals surface area contributed by atoms with Gasteiger partial charge in [-0.15, -0.1) is 0 Å². The van der Waals surface area contributed by atoms with Crippen LogP contribution in [0.4, 0.5) is 15.8 Å². The molecule has 20 heavy (non-hydrogen) atoms. The highest BCUT2D eigenvalue weighted by Gasteiger charge is 2.11. The van der Waals surface area contributed by atoms with Gasteiger partial charge in [0.2, 0.25) is 5.91 Å². The van der Waals surface area contributed by atoms with E-state index in [1.54, 1.807) is 18.2 Å². The Morgan fingerprint density at radius 3 is 2.40 bits per heavy atom. The first-order chi connectivity index (χ1) is 9.70. The van der Waals surface area contributed by atoms with E-state index in [1.807, 2.05) is 42.2 Å². The normalized spacial score (nSPS) is 10.1. The van der Waals surface area contributed by atoms with Crippen LogP contribution in [-0.4, -0.2) is 19.0 Å². The Balaban J connectivity index is 2.02. The maximum atomic E-state index is 13.5. The van der Waals surface area contributed by atoms with Gasteiger partial charge in [0.05, 0.1) is 12.2 Å². The second-order valence-electron chi connectivity index (χ2n) is 4.38. The van der Waals surface area contributed by atoms with Crippen molar-refractivity contribution in [1.82, 2.24) is 0 Å². The molecule has 0 unspecified atom stereocenters. The summed E-state index contributed by atoms with van der Waals surface area (Å²) in [5, 5.41) is 2.59. The molecule has 0 heterocycles. The van der Waals surface area contributed by atoms with Gasteiger partial charge in [0.25, 0.3) is 0 Å². The molecule has 1 N–H and O–H groups in total. The molecule has 0 aromatic heterocycles. The number of halogens is 1. The third-order valence-electron chi connectivity index (χ3n) is 2.99. The van der Waals surface area contributed by atoms with Crippen LogP contribution in [0.3, 0.4) is 0 Å². The number of rotatable bonds is 5. The van der Waals surface area contributed by atoms with E-state index in [0.717, 1.165) is 5.69 Å². The molecule has 1 amide bonds. The minimum absolute atomic E-state index is 0.189. The number of nitrogens with zero attached hydrogens (tertiary/aromatic N) is 1. The first kappa shape index (κ1) is 14.1. The van der Waals surface area contributed by atoms with Gasteiger partial charge in [-0.3, -0.25) is 4.79 Å². The zero-order valence-electron chi connectivity index (χ0n) is 11.3. The fourth-order valence-electron chi connectivity index (χ4n) is 1.95. The van der Waals surface area contributed by atoms with Crippen LogP contribution < -0.4 is 10.2 Å². The van der Waals surface area contributed by atoms with Crippen LogP contribution in [0.2, 0.25) is 0 Å². The van der Waals surface area contributed by atoms with E-state index in [4.69, 9.17) is 0 Å². The SMILES string of the molecule is CCN(CC(=O)Nc1ccccc1F)c1ccccc1. The first-order valence-corrected chi connectivity index (χ1v) is 6.55. The van der Waals surface area contributed by atoms with Gasteiger partial charge in [0.15, 0.2) is 0 Å². The second kappa shape index (κ2) is 6.70. The van der Waals surface area contributed by atoms with E-state index in [1.165, 1.54) is 6.07 Å². The van der Waals surface area contributed by atoms with Gasteiger partial charge < -0.3 is 10.2 Å². The molecule has 2 aromatic carbocycles. The molecule has 0 aliphatic carbocycles. The molecule has 0 saturated heterocycles. The van der Waals surface area contributed by atoms with Crippen molar-refractivity contribution >= 4 is 17.3 Å². The minimum atomic E-state index is -0.427. The number of benzene rings is 2. The standard InChI is InChI=1S/C16H17FN2O/c1-2-19(13-8-4-3-5-9-13)12-16(20)18-15-11-7-6-10-14(15)17/h3-11H,2,12H2,1H3,(H,18,20). The minimum Gasteiger partial charge on any atom is -0.362 e. The van der Waals surface area contributed by atoms with Gasteiger partial charge in [-0.25, -0.2) is 4.39 Å². The molecule has 0 radical (unpaired) electrons. The average Bonchev–Trinajstić information content (AvgIpc) is 2.48. The Hall–Kier alpha value is -2.36. The number of para-hydroxylation sites is 2. The maximum absolute atomic E-state index is 13.5. The second-order valence-corrected chi connectivity index (χ2v) is 4.38. The van der Waals surface area contributed by atoms with Gasteiger partial charge in [-0.05, 0) is 31.2 Å². The first-order valence-electron chi connectivity index (χ1n) is 6.55. The van der Waals surface area contributed by atoms with Gasteiger partial charge in [0, 0.05) is 12.2 Å². The lowest BCUT2D eigenvalue weighted by Crippen LogP contribution is -2.33. The third kappa shape index (κ3) is 3.57. The predicted molar refractivity (Wildman–Crippen MR) is 79.4 cm³/mol. The molecule has 0 spiro atoms. The molecule has 0 bridgehead atoms. The van der Waals surface area contributed by atoms with Gasteiger partial charge in [0.1, 0.15) is 5.82 Å². The van der Waals surface area contributed by atoms with Crippen molar-refractivity contribution < 1.29 is 9.18 Å². The van der Waals surface area contributed by atoms with Crippen LogP contribution in [0.1, 0.15) is 6.92 Å². The van der Waals surface area contributed by atoms with Crippen molar-refractivity contribution in [2.45, 2.75) is 6.92 Å². The van der Waals surface area contributed by atoms with Crippen LogP contribution >= 0.6 is 0 Å². The van der Waals surface area contributed by atoms with Gasteiger partial charge in [-0.1, -0.05) is 30.3 Å². The summed E-state index contributed by atoms with van der Waals surface area (Å²) in [4.78, 5) is 13.9. The number of amides is 1. The number of nitrogens with one attached hydrogen (secondary N) is 1. The van der Waals surface area contributed by atoms with E-state index < -0.39 is 5.82 Å². The quantitative estimate of drug-likeness (QED) is 0.905. The van der Waals surface area contributed by atoms with Gasteiger partial charge in [-0.2, -0.15) is 0 Å². The number of carbonyl (C=O) groups excluding carboxylic acids is 1. The summed E-state index contributed by atoms with van der Waals surface area (Å²) in [5.41, 5.74) is 1.18. The molecule has 104 valence electrons. The predicted octanol–water partition coefficient (Wildman–Crippen LogP) is 3.29. The molecule has 0 atom stereocenters. The maximum Gasteiger partial charge on any atom is 0.243 e. The van der Waals surface area contributed by atoms with Crippen molar-refractivity contribution in [3.8, 4) is 0 Å². The summed E-state index contributed by atoms with van der Waals surface area (Å²) in [6, 6.07) is 15.8. The summed E-state index contributed by atoms with van der Waals surface area (Å²) in [5.74, 6) is -0.663. The van der Waals surface area contributed by atoms with Crippen molar-refractivity contribution in [3.63, 3.8) is 0 Å². The smallest absolute Gasteiger partial charge is 0.243 e. The van der Waals surface area contributed by atoms with Crippen LogP contribution in [0.15, 0.2) is 54.6 Å². The molecule has 0 aliphatic heterocycles. The molecule has 0 aliphatic rings. The zero-order chi connectivity index (χ0) is 14.4. The van der Waals surface area contributed by atoms with E-state index >= 15 is 0 Å². The Morgan fingerprint density at radius 2 is 1.75 bits per heavy atom. The topological polar surface area (TPSA) is 32.3 Å². The number of carbonyl (C=O) groups is 1. The van der Waals surface area contributed by atoms with E-state index in [-0.39, 0.29) is 18.1 Å². The number of anilines is 2. The third-order valence-corrected chi connectivity index (χ3v) is 2.99. The molecule has 0 saturated carbocycles.